The molecule has 0 aliphatic carbocycles. The van der Waals surface area contributed by atoms with E-state index in [4.69, 9.17) is 0 Å². The number of aliphatic hydroxyl groups is 1. The van der Waals surface area contributed by atoms with E-state index in [1.54, 1.807) is 0 Å². The fourth-order valence-electron chi connectivity index (χ4n) is 1.69. The van der Waals surface area contributed by atoms with Gasteiger partial charge in [-0.15, -0.1) is 0 Å². The summed E-state index contributed by atoms with van der Waals surface area (Å²) in [6.07, 6.45) is 2.78. The lowest BCUT2D eigenvalue weighted by atomic mass is 10.00. The van der Waals surface area contributed by atoms with E-state index in [0.717, 1.165) is 19.3 Å². The van der Waals surface area contributed by atoms with Crippen molar-refractivity contribution >= 4 is 0 Å². The number of aliphatic hydroxyl groups excluding tert-OH is 1. The third kappa shape index (κ3) is 4.98. The second kappa shape index (κ2) is 5.92. The number of aryl methyl sites for hydroxylation is 1. The van der Waals surface area contributed by atoms with Gasteiger partial charge in [-0.3, -0.25) is 0 Å². The van der Waals surface area contributed by atoms with Crippen LogP contribution in [-0.2, 0) is 12.8 Å². The van der Waals surface area contributed by atoms with Crippen LogP contribution in [0.3, 0.4) is 0 Å². The zero-order chi connectivity index (χ0) is 11.3. The molecule has 1 rings (SSSR count). The highest BCUT2D eigenvalue weighted by atomic mass is 16.3. The molecule has 0 saturated carbocycles. The first-order chi connectivity index (χ1) is 7.08. The van der Waals surface area contributed by atoms with Crippen molar-refractivity contribution in [1.82, 2.24) is 0 Å². The monoisotopic (exact) mass is 206 g/mol. The van der Waals surface area contributed by atoms with Crippen LogP contribution in [0.1, 0.15) is 38.3 Å². The Morgan fingerprint density at radius 2 is 1.53 bits per heavy atom. The Balaban J connectivity index is 2.49. The Bertz CT molecular complexity index is 272. The SMILES string of the molecule is CC(C)Cc1ccc(CC[C@@H](C)O)cc1. The number of benzene rings is 1. The smallest absolute Gasteiger partial charge is 0.0515 e. The fourth-order valence-corrected chi connectivity index (χ4v) is 1.69. The third-order valence-corrected chi connectivity index (χ3v) is 2.52. The Hall–Kier alpha value is -0.820. The number of hydrogen-bond donors (Lipinski definition) is 1. The highest BCUT2D eigenvalue weighted by Gasteiger charge is 2.00. The third-order valence-electron chi connectivity index (χ3n) is 2.52. The average molecular weight is 206 g/mol. The average Bonchev–Trinajstić information content (AvgIpc) is 2.16. The second-order valence-corrected chi connectivity index (χ2v) is 4.80. The lowest BCUT2D eigenvalue weighted by Gasteiger charge is -2.07. The van der Waals surface area contributed by atoms with Crippen LogP contribution in [0.5, 0.6) is 0 Å². The van der Waals surface area contributed by atoms with E-state index in [9.17, 15) is 5.11 Å². The first-order valence-electron chi connectivity index (χ1n) is 5.84. The highest BCUT2D eigenvalue weighted by Crippen LogP contribution is 2.11. The molecule has 0 fully saturated rings. The summed E-state index contributed by atoms with van der Waals surface area (Å²) in [5, 5.41) is 9.19. The van der Waals surface area contributed by atoms with E-state index in [0.29, 0.717) is 5.92 Å². The molecule has 1 aromatic carbocycles. The van der Waals surface area contributed by atoms with Crippen molar-refractivity contribution < 1.29 is 5.11 Å². The molecule has 1 N–H and O–H groups in total. The summed E-state index contributed by atoms with van der Waals surface area (Å²) in [4.78, 5) is 0. The van der Waals surface area contributed by atoms with Gasteiger partial charge in [0.15, 0.2) is 0 Å². The van der Waals surface area contributed by atoms with E-state index in [-0.39, 0.29) is 6.10 Å². The minimum Gasteiger partial charge on any atom is -0.393 e. The van der Waals surface area contributed by atoms with Crippen LogP contribution < -0.4 is 0 Å². The number of hydrogen-bond acceptors (Lipinski definition) is 1. The van der Waals surface area contributed by atoms with E-state index in [1.165, 1.54) is 11.1 Å². The molecule has 0 saturated heterocycles. The summed E-state index contributed by atoms with van der Waals surface area (Å²) in [5.41, 5.74) is 2.73. The van der Waals surface area contributed by atoms with Crippen molar-refractivity contribution in [2.24, 2.45) is 5.92 Å². The van der Waals surface area contributed by atoms with Gasteiger partial charge in [0.25, 0.3) is 0 Å². The van der Waals surface area contributed by atoms with Crippen molar-refractivity contribution in [3.8, 4) is 0 Å². The number of rotatable bonds is 5. The minimum atomic E-state index is -0.194. The minimum absolute atomic E-state index is 0.194. The van der Waals surface area contributed by atoms with Crippen LogP contribution >= 0.6 is 0 Å². The highest BCUT2D eigenvalue weighted by molar-refractivity contribution is 5.22. The van der Waals surface area contributed by atoms with Crippen molar-refractivity contribution in [2.75, 3.05) is 0 Å². The van der Waals surface area contributed by atoms with Crippen molar-refractivity contribution in [1.29, 1.82) is 0 Å². The first kappa shape index (κ1) is 12.3. The Labute approximate surface area is 93.1 Å². The van der Waals surface area contributed by atoms with Gasteiger partial charge < -0.3 is 5.11 Å². The molecule has 0 radical (unpaired) electrons. The van der Waals surface area contributed by atoms with Gasteiger partial charge in [0.1, 0.15) is 0 Å². The predicted octanol–water partition coefficient (Wildman–Crippen LogP) is 3.20. The molecule has 0 aliphatic heterocycles. The van der Waals surface area contributed by atoms with Crippen molar-refractivity contribution in [3.63, 3.8) is 0 Å². The Morgan fingerprint density at radius 1 is 1.00 bits per heavy atom. The lowest BCUT2D eigenvalue weighted by Crippen LogP contribution is -2.01. The van der Waals surface area contributed by atoms with Gasteiger partial charge in [-0.2, -0.15) is 0 Å². The first-order valence-corrected chi connectivity index (χ1v) is 5.84. The van der Waals surface area contributed by atoms with Crippen LogP contribution in [0, 0.1) is 5.92 Å². The van der Waals surface area contributed by atoms with Gasteiger partial charge in [-0.25, -0.2) is 0 Å². The molecule has 0 heterocycles. The molecule has 1 aromatic rings. The van der Waals surface area contributed by atoms with Gasteiger partial charge >= 0.3 is 0 Å². The van der Waals surface area contributed by atoms with Gasteiger partial charge in [-0.05, 0) is 43.2 Å². The maximum atomic E-state index is 9.19. The maximum absolute atomic E-state index is 9.19. The molecular weight excluding hydrogens is 184 g/mol. The molecule has 15 heavy (non-hydrogen) atoms. The quantitative estimate of drug-likeness (QED) is 0.784. The molecule has 0 unspecified atom stereocenters. The standard InChI is InChI=1S/C14H22O/c1-11(2)10-14-8-6-13(7-9-14)5-4-12(3)15/h6-9,11-12,15H,4-5,10H2,1-3H3/t12-/m1/s1. The fraction of sp³-hybridized carbons (Fsp3) is 0.571. The zero-order valence-corrected chi connectivity index (χ0v) is 10.0. The topological polar surface area (TPSA) is 20.2 Å². The van der Waals surface area contributed by atoms with E-state index in [2.05, 4.69) is 38.1 Å². The lowest BCUT2D eigenvalue weighted by molar-refractivity contribution is 0.185. The molecule has 1 atom stereocenters. The predicted molar refractivity (Wildman–Crippen MR) is 65.0 cm³/mol. The normalized spacial score (nSPS) is 13.1. The van der Waals surface area contributed by atoms with Crippen LogP contribution in [0.25, 0.3) is 0 Å². The summed E-state index contributed by atoms with van der Waals surface area (Å²) >= 11 is 0. The van der Waals surface area contributed by atoms with Crippen molar-refractivity contribution in [2.45, 2.75) is 46.1 Å². The van der Waals surface area contributed by atoms with E-state index in [1.807, 2.05) is 6.92 Å². The summed E-state index contributed by atoms with van der Waals surface area (Å²) in [6.45, 7) is 6.32. The van der Waals surface area contributed by atoms with Gasteiger partial charge in [0, 0.05) is 0 Å². The van der Waals surface area contributed by atoms with E-state index < -0.39 is 0 Å². The summed E-state index contributed by atoms with van der Waals surface area (Å²) in [6, 6.07) is 8.77. The van der Waals surface area contributed by atoms with Gasteiger partial charge in [-0.1, -0.05) is 38.1 Å². The molecule has 0 aliphatic rings. The Kier molecular flexibility index (Phi) is 4.83. The molecule has 1 nitrogen and oxygen atoms in total. The van der Waals surface area contributed by atoms with Gasteiger partial charge in [0.05, 0.1) is 6.10 Å². The Morgan fingerprint density at radius 3 is 2.00 bits per heavy atom. The molecular formula is C14H22O. The summed E-state index contributed by atoms with van der Waals surface area (Å²) < 4.78 is 0. The second-order valence-electron chi connectivity index (χ2n) is 4.80. The molecule has 1 heteroatoms. The van der Waals surface area contributed by atoms with Crippen LogP contribution in [0.4, 0.5) is 0 Å². The maximum Gasteiger partial charge on any atom is 0.0515 e. The molecule has 0 aromatic heterocycles. The van der Waals surface area contributed by atoms with E-state index >= 15 is 0 Å². The van der Waals surface area contributed by atoms with Crippen LogP contribution in [0.15, 0.2) is 24.3 Å². The molecule has 0 spiro atoms. The molecule has 0 amide bonds. The molecule has 84 valence electrons. The zero-order valence-electron chi connectivity index (χ0n) is 10.0. The largest absolute Gasteiger partial charge is 0.393 e. The van der Waals surface area contributed by atoms with Crippen molar-refractivity contribution in [3.05, 3.63) is 35.4 Å². The van der Waals surface area contributed by atoms with Crippen LogP contribution in [0.2, 0.25) is 0 Å². The van der Waals surface area contributed by atoms with Gasteiger partial charge in [0.2, 0.25) is 0 Å². The van der Waals surface area contributed by atoms with Crippen LogP contribution in [-0.4, -0.2) is 11.2 Å². The summed E-state index contributed by atoms with van der Waals surface area (Å²) in [5.74, 6) is 0.716. The summed E-state index contributed by atoms with van der Waals surface area (Å²) in [7, 11) is 0. The molecule has 0 bridgehead atoms.